The van der Waals surface area contributed by atoms with Crippen molar-refractivity contribution in [2.45, 2.75) is 44.4 Å². The Hall–Kier alpha value is -0.300. The van der Waals surface area contributed by atoms with Gasteiger partial charge in [-0.15, -0.1) is 0 Å². The lowest BCUT2D eigenvalue weighted by molar-refractivity contribution is 0.736. The van der Waals surface area contributed by atoms with Crippen molar-refractivity contribution >= 4 is 15.9 Å². The number of hydrogen-bond donors (Lipinski definition) is 0. The molecule has 1 rings (SSSR count). The van der Waals surface area contributed by atoms with Crippen LogP contribution in [0.25, 0.3) is 0 Å². The van der Waals surface area contributed by atoms with Crippen LogP contribution in [0, 0.1) is 0 Å². The second-order valence-corrected chi connectivity index (χ2v) is 5.41. The fourth-order valence-corrected chi connectivity index (χ4v) is 1.85. The third kappa shape index (κ3) is 4.28. The molecule has 1 atom stereocenters. The van der Waals surface area contributed by atoms with Crippen LogP contribution in [0.15, 0.2) is 24.3 Å². The van der Waals surface area contributed by atoms with Crippen molar-refractivity contribution in [1.29, 1.82) is 0 Å². The molecule has 14 heavy (non-hydrogen) atoms. The van der Waals surface area contributed by atoms with Gasteiger partial charge < -0.3 is 0 Å². The van der Waals surface area contributed by atoms with E-state index in [0.29, 0.717) is 4.83 Å². The van der Waals surface area contributed by atoms with Crippen molar-refractivity contribution < 1.29 is 0 Å². The van der Waals surface area contributed by atoms with Crippen LogP contribution in [0.4, 0.5) is 0 Å². The Labute approximate surface area is 95.9 Å². The molecule has 0 N–H and O–H groups in total. The van der Waals surface area contributed by atoms with Gasteiger partial charge in [0, 0.05) is 4.83 Å². The van der Waals surface area contributed by atoms with E-state index in [1.807, 2.05) is 0 Å². The SMILES string of the molecule is CCc1ccc(CCCC(C)Br)cc1. The summed E-state index contributed by atoms with van der Waals surface area (Å²) in [5.41, 5.74) is 2.90. The van der Waals surface area contributed by atoms with Crippen LogP contribution < -0.4 is 0 Å². The molecule has 0 bridgehead atoms. The molecular formula is C13H19Br. The number of rotatable bonds is 5. The second kappa shape index (κ2) is 6.23. The molecule has 1 aromatic carbocycles. The summed E-state index contributed by atoms with van der Waals surface area (Å²) < 4.78 is 0. The van der Waals surface area contributed by atoms with Crippen LogP contribution in [0.2, 0.25) is 0 Å². The highest BCUT2D eigenvalue weighted by molar-refractivity contribution is 9.09. The van der Waals surface area contributed by atoms with Gasteiger partial charge in [-0.25, -0.2) is 0 Å². The molecule has 0 spiro atoms. The fourth-order valence-electron chi connectivity index (χ4n) is 1.53. The van der Waals surface area contributed by atoms with E-state index in [2.05, 4.69) is 54.0 Å². The largest absolute Gasteiger partial charge is 0.0894 e. The molecule has 78 valence electrons. The average Bonchev–Trinajstić information content (AvgIpc) is 2.18. The average molecular weight is 255 g/mol. The van der Waals surface area contributed by atoms with E-state index in [-0.39, 0.29) is 0 Å². The van der Waals surface area contributed by atoms with E-state index in [0.717, 1.165) is 6.42 Å². The maximum atomic E-state index is 3.57. The molecule has 0 radical (unpaired) electrons. The maximum Gasteiger partial charge on any atom is 0.0117 e. The molecule has 0 nitrogen and oxygen atoms in total. The van der Waals surface area contributed by atoms with Gasteiger partial charge in [0.2, 0.25) is 0 Å². The first-order chi connectivity index (χ1) is 6.72. The summed E-state index contributed by atoms with van der Waals surface area (Å²) in [6, 6.07) is 9.01. The molecule has 0 fully saturated rings. The molecule has 0 aliphatic heterocycles. The first kappa shape index (κ1) is 11.8. The van der Waals surface area contributed by atoms with Crippen molar-refractivity contribution in [3.05, 3.63) is 35.4 Å². The highest BCUT2D eigenvalue weighted by Crippen LogP contribution is 2.12. The monoisotopic (exact) mass is 254 g/mol. The van der Waals surface area contributed by atoms with E-state index < -0.39 is 0 Å². The zero-order valence-corrected chi connectivity index (χ0v) is 10.7. The quantitative estimate of drug-likeness (QED) is 0.686. The summed E-state index contributed by atoms with van der Waals surface area (Å²) in [6.07, 6.45) is 4.88. The van der Waals surface area contributed by atoms with Crippen molar-refractivity contribution in [3.8, 4) is 0 Å². The van der Waals surface area contributed by atoms with Crippen LogP contribution in [0.5, 0.6) is 0 Å². The minimum atomic E-state index is 0.650. The zero-order chi connectivity index (χ0) is 10.4. The zero-order valence-electron chi connectivity index (χ0n) is 9.09. The maximum absolute atomic E-state index is 3.57. The normalized spacial score (nSPS) is 12.8. The number of benzene rings is 1. The van der Waals surface area contributed by atoms with E-state index in [4.69, 9.17) is 0 Å². The summed E-state index contributed by atoms with van der Waals surface area (Å²) >= 11 is 3.57. The van der Waals surface area contributed by atoms with Gasteiger partial charge in [-0.05, 0) is 36.8 Å². The Bertz CT molecular complexity index is 248. The van der Waals surface area contributed by atoms with Gasteiger partial charge in [0.05, 0.1) is 0 Å². The predicted molar refractivity (Wildman–Crippen MR) is 67.1 cm³/mol. The predicted octanol–water partition coefficient (Wildman–Crippen LogP) is 4.36. The molecule has 1 aromatic rings. The van der Waals surface area contributed by atoms with Crippen LogP contribution in [0.3, 0.4) is 0 Å². The number of alkyl halides is 1. The molecule has 1 unspecified atom stereocenters. The van der Waals surface area contributed by atoms with E-state index in [1.165, 1.54) is 30.4 Å². The number of hydrogen-bond acceptors (Lipinski definition) is 0. The molecule has 0 aliphatic carbocycles. The van der Waals surface area contributed by atoms with Crippen molar-refractivity contribution in [2.75, 3.05) is 0 Å². The number of halogens is 1. The van der Waals surface area contributed by atoms with Crippen molar-refractivity contribution in [3.63, 3.8) is 0 Å². The first-order valence-corrected chi connectivity index (χ1v) is 6.36. The lowest BCUT2D eigenvalue weighted by Crippen LogP contribution is -1.92. The third-order valence-corrected chi connectivity index (χ3v) is 2.96. The summed E-state index contributed by atoms with van der Waals surface area (Å²) in [5.74, 6) is 0. The molecule has 0 heterocycles. The van der Waals surface area contributed by atoms with Gasteiger partial charge in [0.25, 0.3) is 0 Å². The molecule has 0 saturated carbocycles. The molecule has 0 aromatic heterocycles. The van der Waals surface area contributed by atoms with Gasteiger partial charge >= 0.3 is 0 Å². The smallest absolute Gasteiger partial charge is 0.0117 e. The Balaban J connectivity index is 2.36. The summed E-state index contributed by atoms with van der Waals surface area (Å²) in [7, 11) is 0. The molecule has 0 amide bonds. The van der Waals surface area contributed by atoms with E-state index in [9.17, 15) is 0 Å². The summed E-state index contributed by atoms with van der Waals surface area (Å²) in [6.45, 7) is 4.40. The standard InChI is InChI=1S/C13H19Br/c1-3-12-7-9-13(10-8-12)6-4-5-11(2)14/h7-11H,3-6H2,1-2H3. The topological polar surface area (TPSA) is 0 Å². The fraction of sp³-hybridized carbons (Fsp3) is 0.538. The minimum Gasteiger partial charge on any atom is -0.0894 e. The molecule has 0 saturated heterocycles. The highest BCUT2D eigenvalue weighted by atomic mass is 79.9. The van der Waals surface area contributed by atoms with Crippen LogP contribution in [-0.2, 0) is 12.8 Å². The third-order valence-electron chi connectivity index (χ3n) is 2.50. The number of aryl methyl sites for hydroxylation is 2. The Morgan fingerprint density at radius 1 is 1.14 bits per heavy atom. The minimum absolute atomic E-state index is 0.650. The Kier molecular flexibility index (Phi) is 5.24. The Morgan fingerprint density at radius 2 is 1.71 bits per heavy atom. The lowest BCUT2D eigenvalue weighted by Gasteiger charge is -2.04. The molecule has 0 aliphatic rings. The van der Waals surface area contributed by atoms with Crippen LogP contribution in [0.1, 0.15) is 37.8 Å². The van der Waals surface area contributed by atoms with E-state index >= 15 is 0 Å². The summed E-state index contributed by atoms with van der Waals surface area (Å²) in [4.78, 5) is 0.650. The van der Waals surface area contributed by atoms with Crippen LogP contribution in [-0.4, -0.2) is 4.83 Å². The molecular weight excluding hydrogens is 236 g/mol. The van der Waals surface area contributed by atoms with Gasteiger partial charge in [-0.1, -0.05) is 54.0 Å². The van der Waals surface area contributed by atoms with Crippen molar-refractivity contribution in [1.82, 2.24) is 0 Å². The van der Waals surface area contributed by atoms with Crippen molar-refractivity contribution in [2.24, 2.45) is 0 Å². The highest BCUT2D eigenvalue weighted by Gasteiger charge is 1.97. The molecule has 1 heteroatoms. The van der Waals surface area contributed by atoms with E-state index in [1.54, 1.807) is 0 Å². The van der Waals surface area contributed by atoms with Gasteiger partial charge in [0.1, 0.15) is 0 Å². The van der Waals surface area contributed by atoms with Gasteiger partial charge in [-0.3, -0.25) is 0 Å². The second-order valence-electron chi connectivity index (χ2n) is 3.84. The van der Waals surface area contributed by atoms with Gasteiger partial charge in [-0.2, -0.15) is 0 Å². The first-order valence-electron chi connectivity index (χ1n) is 5.44. The van der Waals surface area contributed by atoms with Crippen LogP contribution >= 0.6 is 15.9 Å². The Morgan fingerprint density at radius 3 is 2.21 bits per heavy atom. The summed E-state index contributed by atoms with van der Waals surface area (Å²) in [5, 5.41) is 0. The van der Waals surface area contributed by atoms with Gasteiger partial charge in [0.15, 0.2) is 0 Å². The lowest BCUT2D eigenvalue weighted by atomic mass is 10.0.